The predicted molar refractivity (Wildman–Crippen MR) is 109 cm³/mol. The number of hydrogen-bond acceptors (Lipinski definition) is 8. The second-order valence-electron chi connectivity index (χ2n) is 6.78. The molecule has 0 aliphatic carbocycles. The second-order valence-corrected chi connectivity index (χ2v) is 6.78. The van der Waals surface area contributed by atoms with Crippen LogP contribution < -0.4 is 10.1 Å². The molecule has 3 heterocycles. The number of fused-ring (bicyclic) bond motifs is 1. The SMILES string of the molecule is CCOC(=O)c1nc(Nc2ccc(-n3cnc(C)c3)c(OC)c2)nc2c1COCC2. The molecule has 1 aliphatic rings. The first kappa shape index (κ1) is 19.8. The maximum atomic E-state index is 12.4. The summed E-state index contributed by atoms with van der Waals surface area (Å²) in [5.41, 5.74) is 4.22. The molecule has 30 heavy (non-hydrogen) atoms. The highest BCUT2D eigenvalue weighted by Crippen LogP contribution is 2.29. The van der Waals surface area contributed by atoms with Crippen molar-refractivity contribution in [2.24, 2.45) is 0 Å². The maximum absolute atomic E-state index is 12.4. The van der Waals surface area contributed by atoms with Crippen LogP contribution in [-0.4, -0.2) is 45.8 Å². The normalized spacial score (nSPS) is 12.9. The lowest BCUT2D eigenvalue weighted by Gasteiger charge is -2.19. The van der Waals surface area contributed by atoms with Crippen molar-refractivity contribution in [1.82, 2.24) is 19.5 Å². The zero-order valence-electron chi connectivity index (χ0n) is 17.1. The van der Waals surface area contributed by atoms with E-state index in [-0.39, 0.29) is 12.3 Å². The van der Waals surface area contributed by atoms with Crippen molar-refractivity contribution in [1.29, 1.82) is 0 Å². The third-order valence-corrected chi connectivity index (χ3v) is 4.72. The van der Waals surface area contributed by atoms with Gasteiger partial charge in [0.2, 0.25) is 5.95 Å². The summed E-state index contributed by atoms with van der Waals surface area (Å²) in [6.45, 7) is 4.82. The van der Waals surface area contributed by atoms with E-state index in [1.54, 1.807) is 20.4 Å². The number of nitrogens with zero attached hydrogens (tertiary/aromatic N) is 4. The molecule has 2 aromatic heterocycles. The van der Waals surface area contributed by atoms with E-state index in [4.69, 9.17) is 14.2 Å². The number of anilines is 2. The number of esters is 1. The summed E-state index contributed by atoms with van der Waals surface area (Å²) >= 11 is 0. The standard InChI is InChI=1S/C21H23N5O4/c1-4-30-20(27)19-15-11-29-8-7-16(15)24-21(25-19)23-14-5-6-17(18(9-14)28-3)26-10-13(2)22-12-26/h5-6,9-10,12H,4,7-8,11H2,1-3H3,(H,23,24,25). The molecule has 0 radical (unpaired) electrons. The van der Waals surface area contributed by atoms with Crippen molar-refractivity contribution < 1.29 is 19.0 Å². The number of hydrogen-bond donors (Lipinski definition) is 1. The van der Waals surface area contributed by atoms with E-state index in [9.17, 15) is 4.79 Å². The Morgan fingerprint density at radius 3 is 2.93 bits per heavy atom. The smallest absolute Gasteiger partial charge is 0.357 e. The van der Waals surface area contributed by atoms with Gasteiger partial charge in [-0.15, -0.1) is 0 Å². The second kappa shape index (κ2) is 8.50. The molecule has 0 atom stereocenters. The lowest BCUT2D eigenvalue weighted by molar-refractivity contribution is 0.0505. The highest BCUT2D eigenvalue weighted by molar-refractivity contribution is 5.89. The number of carbonyl (C=O) groups excluding carboxylic acids is 1. The Morgan fingerprint density at radius 1 is 1.33 bits per heavy atom. The molecule has 9 nitrogen and oxygen atoms in total. The fourth-order valence-electron chi connectivity index (χ4n) is 3.31. The van der Waals surface area contributed by atoms with Gasteiger partial charge in [0.15, 0.2) is 5.69 Å². The van der Waals surface area contributed by atoms with Crippen LogP contribution in [0.1, 0.15) is 34.4 Å². The Kier molecular flexibility index (Phi) is 5.62. The summed E-state index contributed by atoms with van der Waals surface area (Å²) in [6.07, 6.45) is 4.27. The van der Waals surface area contributed by atoms with Crippen LogP contribution in [0.3, 0.4) is 0 Å². The molecule has 4 rings (SSSR count). The average molecular weight is 409 g/mol. The summed E-state index contributed by atoms with van der Waals surface area (Å²) in [5, 5.41) is 3.17. The highest BCUT2D eigenvalue weighted by atomic mass is 16.5. The Balaban J connectivity index is 1.67. The Hall–Kier alpha value is -3.46. The van der Waals surface area contributed by atoms with Crippen molar-refractivity contribution in [2.45, 2.75) is 26.9 Å². The van der Waals surface area contributed by atoms with Crippen molar-refractivity contribution in [3.8, 4) is 11.4 Å². The summed E-state index contributed by atoms with van der Waals surface area (Å²) in [7, 11) is 1.61. The topological polar surface area (TPSA) is 100 Å². The number of methoxy groups -OCH3 is 1. The number of ether oxygens (including phenoxy) is 3. The third kappa shape index (κ3) is 3.97. The van der Waals surface area contributed by atoms with Gasteiger partial charge in [0.05, 0.1) is 50.3 Å². The summed E-state index contributed by atoms with van der Waals surface area (Å²) in [6, 6.07) is 5.66. The largest absolute Gasteiger partial charge is 0.494 e. The number of nitrogens with one attached hydrogen (secondary N) is 1. The van der Waals surface area contributed by atoms with E-state index in [1.165, 1.54) is 0 Å². The Labute approximate surface area is 174 Å². The molecule has 0 spiro atoms. The zero-order valence-corrected chi connectivity index (χ0v) is 17.1. The molecule has 1 aromatic carbocycles. The van der Waals surface area contributed by atoms with E-state index in [2.05, 4.69) is 20.3 Å². The fourth-order valence-corrected chi connectivity index (χ4v) is 3.31. The van der Waals surface area contributed by atoms with Gasteiger partial charge in [-0.05, 0) is 26.0 Å². The van der Waals surface area contributed by atoms with Gasteiger partial charge in [0.1, 0.15) is 5.75 Å². The quantitative estimate of drug-likeness (QED) is 0.620. The van der Waals surface area contributed by atoms with Crippen molar-refractivity contribution in [3.63, 3.8) is 0 Å². The molecular weight excluding hydrogens is 386 g/mol. The number of aryl methyl sites for hydroxylation is 1. The van der Waals surface area contributed by atoms with Crippen LogP contribution in [-0.2, 0) is 22.5 Å². The molecule has 156 valence electrons. The summed E-state index contributed by atoms with van der Waals surface area (Å²) in [4.78, 5) is 25.7. The number of rotatable bonds is 6. The van der Waals surface area contributed by atoms with Crippen LogP contribution in [0.4, 0.5) is 11.6 Å². The van der Waals surface area contributed by atoms with Crippen LogP contribution >= 0.6 is 0 Å². The van der Waals surface area contributed by atoms with Gasteiger partial charge in [0.25, 0.3) is 0 Å². The average Bonchev–Trinajstić information content (AvgIpc) is 3.19. The van der Waals surface area contributed by atoms with Gasteiger partial charge in [-0.1, -0.05) is 0 Å². The monoisotopic (exact) mass is 409 g/mol. The first-order chi connectivity index (χ1) is 14.6. The lowest BCUT2D eigenvalue weighted by atomic mass is 10.1. The van der Waals surface area contributed by atoms with Crippen LogP contribution in [0.2, 0.25) is 0 Å². The third-order valence-electron chi connectivity index (χ3n) is 4.72. The number of benzene rings is 1. The van der Waals surface area contributed by atoms with Gasteiger partial charge in [-0.2, -0.15) is 0 Å². The first-order valence-corrected chi connectivity index (χ1v) is 9.69. The number of aromatic nitrogens is 4. The van der Waals surface area contributed by atoms with E-state index in [0.717, 1.165) is 22.8 Å². The van der Waals surface area contributed by atoms with Crippen LogP contribution in [0.25, 0.3) is 5.69 Å². The molecule has 0 saturated heterocycles. The van der Waals surface area contributed by atoms with Gasteiger partial charge in [0, 0.05) is 29.9 Å². The highest BCUT2D eigenvalue weighted by Gasteiger charge is 2.24. The number of imidazole rings is 1. The van der Waals surface area contributed by atoms with Gasteiger partial charge < -0.3 is 24.1 Å². The minimum absolute atomic E-state index is 0.238. The molecular formula is C21H23N5O4. The van der Waals surface area contributed by atoms with E-state index in [0.29, 0.717) is 36.9 Å². The van der Waals surface area contributed by atoms with E-state index >= 15 is 0 Å². The van der Waals surface area contributed by atoms with Crippen molar-refractivity contribution >= 4 is 17.6 Å². The van der Waals surface area contributed by atoms with Crippen LogP contribution in [0.5, 0.6) is 5.75 Å². The van der Waals surface area contributed by atoms with Crippen LogP contribution in [0, 0.1) is 6.92 Å². The molecule has 1 N–H and O–H groups in total. The molecule has 0 amide bonds. The maximum Gasteiger partial charge on any atom is 0.357 e. The molecule has 0 saturated carbocycles. The zero-order chi connectivity index (χ0) is 21.1. The van der Waals surface area contributed by atoms with Crippen LogP contribution in [0.15, 0.2) is 30.7 Å². The molecule has 0 fully saturated rings. The molecule has 0 unspecified atom stereocenters. The van der Waals surface area contributed by atoms with E-state index in [1.807, 2.05) is 35.9 Å². The summed E-state index contributed by atoms with van der Waals surface area (Å²) < 4.78 is 18.1. The lowest BCUT2D eigenvalue weighted by Crippen LogP contribution is -2.21. The van der Waals surface area contributed by atoms with Gasteiger partial charge in [-0.25, -0.2) is 19.7 Å². The minimum atomic E-state index is -0.479. The fraction of sp³-hybridized carbons (Fsp3) is 0.333. The van der Waals surface area contributed by atoms with Crippen molar-refractivity contribution in [3.05, 3.63) is 53.4 Å². The molecule has 0 bridgehead atoms. The Bertz CT molecular complexity index is 1080. The van der Waals surface area contributed by atoms with Gasteiger partial charge >= 0.3 is 5.97 Å². The molecule has 9 heteroatoms. The predicted octanol–water partition coefficient (Wildman–Crippen LogP) is 2.97. The molecule has 3 aromatic rings. The summed E-state index contributed by atoms with van der Waals surface area (Å²) in [5.74, 6) is 0.509. The first-order valence-electron chi connectivity index (χ1n) is 9.69. The van der Waals surface area contributed by atoms with Gasteiger partial charge in [-0.3, -0.25) is 0 Å². The minimum Gasteiger partial charge on any atom is -0.494 e. The Morgan fingerprint density at radius 2 is 2.20 bits per heavy atom. The number of carbonyl (C=O) groups is 1. The molecule has 1 aliphatic heterocycles. The van der Waals surface area contributed by atoms with E-state index < -0.39 is 5.97 Å². The van der Waals surface area contributed by atoms with Crippen molar-refractivity contribution in [2.75, 3.05) is 25.6 Å².